The minimum Gasteiger partial charge on any atom is -0.485 e. The zero-order valence-corrected chi connectivity index (χ0v) is 19.0. The molecule has 1 N–H and O–H groups in total. The molecule has 0 amide bonds. The van der Waals surface area contributed by atoms with Gasteiger partial charge in [0, 0.05) is 43.5 Å². The monoisotopic (exact) mass is 501 g/mol. The molecule has 0 aliphatic heterocycles. The molecule has 3 aromatic rings. The summed E-state index contributed by atoms with van der Waals surface area (Å²) < 4.78 is 78.3. The molecule has 1 aromatic carbocycles. The van der Waals surface area contributed by atoms with Crippen LogP contribution in [0.15, 0.2) is 47.9 Å². The van der Waals surface area contributed by atoms with Gasteiger partial charge in [0.25, 0.3) is 15.9 Å². The Bertz CT molecular complexity index is 1290. The highest BCUT2D eigenvalue weighted by molar-refractivity contribution is 7.92. The summed E-state index contributed by atoms with van der Waals surface area (Å²) in [6.45, 7) is 1.49. The lowest BCUT2D eigenvalue weighted by atomic mass is 9.89. The first-order chi connectivity index (χ1) is 15.4. The number of hydrogen-bond donors (Lipinski definition) is 1. The van der Waals surface area contributed by atoms with E-state index in [0.717, 1.165) is 18.5 Å². The number of ether oxygens (including phenoxy) is 1. The van der Waals surface area contributed by atoms with Crippen LogP contribution in [0.2, 0.25) is 5.02 Å². The largest absolute Gasteiger partial charge is 0.485 e. The van der Waals surface area contributed by atoms with Crippen LogP contribution in [0.5, 0.6) is 5.75 Å². The Hall–Kier alpha value is -2.86. The molecule has 1 fully saturated rings. The summed E-state index contributed by atoms with van der Waals surface area (Å²) in [7, 11) is -2.75. The molecule has 13 heteroatoms. The summed E-state index contributed by atoms with van der Waals surface area (Å²) in [5, 5.41) is 3.78. The molecular formula is C20H19ClF3N5O3S. The van der Waals surface area contributed by atoms with Crippen molar-refractivity contribution in [1.29, 1.82) is 0 Å². The number of benzene rings is 1. The van der Waals surface area contributed by atoms with Gasteiger partial charge in [0.1, 0.15) is 34.2 Å². The number of aryl methyl sites for hydroxylation is 1. The fraction of sp³-hybridized carbons (Fsp3) is 0.350. The van der Waals surface area contributed by atoms with Crippen molar-refractivity contribution in [3.05, 3.63) is 59.5 Å². The molecule has 2 atom stereocenters. The van der Waals surface area contributed by atoms with Gasteiger partial charge in [-0.25, -0.2) is 31.6 Å². The summed E-state index contributed by atoms with van der Waals surface area (Å²) in [4.78, 5) is 6.65. The van der Waals surface area contributed by atoms with E-state index in [-0.39, 0.29) is 16.6 Å². The normalized spacial score (nSPS) is 22.3. The minimum absolute atomic E-state index is 0.0689. The third kappa shape index (κ3) is 4.62. The maximum Gasteiger partial charge on any atom is 0.266 e. The average Bonchev–Trinajstić information content (AvgIpc) is 3.23. The van der Waals surface area contributed by atoms with Crippen molar-refractivity contribution in [2.24, 2.45) is 7.05 Å². The van der Waals surface area contributed by atoms with Crippen molar-refractivity contribution in [1.82, 2.24) is 19.7 Å². The van der Waals surface area contributed by atoms with E-state index in [1.165, 1.54) is 30.1 Å². The number of nitrogens with zero attached hydrogens (tertiary/aromatic N) is 4. The van der Waals surface area contributed by atoms with Crippen molar-refractivity contribution in [2.45, 2.75) is 42.1 Å². The average molecular weight is 502 g/mol. The van der Waals surface area contributed by atoms with Crippen molar-refractivity contribution in [3.8, 4) is 5.75 Å². The van der Waals surface area contributed by atoms with Gasteiger partial charge >= 0.3 is 0 Å². The van der Waals surface area contributed by atoms with E-state index in [1.54, 1.807) is 13.1 Å². The highest BCUT2D eigenvalue weighted by atomic mass is 35.5. The molecule has 8 nitrogen and oxygen atoms in total. The second-order valence-electron chi connectivity index (χ2n) is 8.00. The van der Waals surface area contributed by atoms with E-state index in [4.69, 9.17) is 16.3 Å². The molecule has 1 saturated carbocycles. The van der Waals surface area contributed by atoms with Crippen LogP contribution < -0.4 is 9.46 Å². The number of rotatable bonds is 6. The predicted octanol–water partition coefficient (Wildman–Crippen LogP) is 4.15. The topological polar surface area (TPSA) is 99.0 Å². The summed E-state index contributed by atoms with van der Waals surface area (Å²) in [5.41, 5.74) is -0.924. The summed E-state index contributed by atoms with van der Waals surface area (Å²) in [6, 6.07) is 4.54. The van der Waals surface area contributed by atoms with Crippen molar-refractivity contribution >= 4 is 27.4 Å². The van der Waals surface area contributed by atoms with Crippen LogP contribution in [0.3, 0.4) is 0 Å². The number of alkyl halides is 2. The lowest BCUT2D eigenvalue weighted by Crippen LogP contribution is -2.37. The quantitative estimate of drug-likeness (QED) is 0.544. The third-order valence-electron chi connectivity index (χ3n) is 5.51. The van der Waals surface area contributed by atoms with Gasteiger partial charge in [-0.3, -0.25) is 9.40 Å². The number of sulfonamides is 1. The van der Waals surface area contributed by atoms with Gasteiger partial charge in [-0.15, -0.1) is 0 Å². The molecular weight excluding hydrogens is 483 g/mol. The standard InChI is InChI=1S/C20H19ClF3N5O3S/c1-19(10-20(23,24)9-12(19)15-3-6-27-29(15)2)32-16-8-14(22)17(7-13(16)21)33(30,31)28-18-4-5-25-11-26-18/h3-8,11-12H,9-10H2,1-2H3,(H,25,26,28)/t12-,19-/m1/s1. The van der Waals surface area contributed by atoms with Crippen molar-refractivity contribution in [3.63, 3.8) is 0 Å². The Morgan fingerprint density at radius 1 is 1.27 bits per heavy atom. The molecule has 33 heavy (non-hydrogen) atoms. The second kappa shape index (κ2) is 8.17. The predicted molar refractivity (Wildman–Crippen MR) is 113 cm³/mol. The Balaban J connectivity index is 1.66. The Kier molecular flexibility index (Phi) is 5.77. The lowest BCUT2D eigenvalue weighted by Gasteiger charge is -2.32. The summed E-state index contributed by atoms with van der Waals surface area (Å²) >= 11 is 6.21. The highest BCUT2D eigenvalue weighted by Gasteiger charge is 2.57. The first-order valence-electron chi connectivity index (χ1n) is 9.73. The first kappa shape index (κ1) is 23.3. The Labute approximate surface area is 192 Å². The highest BCUT2D eigenvalue weighted by Crippen LogP contribution is 2.53. The van der Waals surface area contributed by atoms with Gasteiger partial charge < -0.3 is 4.74 Å². The van der Waals surface area contributed by atoms with E-state index in [9.17, 15) is 21.6 Å². The summed E-state index contributed by atoms with van der Waals surface area (Å²) in [6.07, 6.45) is 2.79. The van der Waals surface area contributed by atoms with Crippen LogP contribution in [0.4, 0.5) is 19.0 Å². The van der Waals surface area contributed by atoms with E-state index in [1.807, 2.05) is 0 Å². The number of nitrogens with one attached hydrogen (secondary N) is 1. The van der Waals surface area contributed by atoms with Gasteiger partial charge in [0.2, 0.25) is 0 Å². The van der Waals surface area contributed by atoms with E-state index in [2.05, 4.69) is 19.8 Å². The van der Waals surface area contributed by atoms with Gasteiger partial charge in [-0.1, -0.05) is 11.6 Å². The maximum atomic E-state index is 14.9. The van der Waals surface area contributed by atoms with Gasteiger partial charge in [0.05, 0.1) is 11.4 Å². The Morgan fingerprint density at radius 2 is 2.03 bits per heavy atom. The molecule has 0 saturated heterocycles. The van der Waals surface area contributed by atoms with Crippen LogP contribution in [-0.2, 0) is 17.1 Å². The van der Waals surface area contributed by atoms with Crippen LogP contribution in [0.1, 0.15) is 31.4 Å². The fourth-order valence-electron chi connectivity index (χ4n) is 4.06. The molecule has 1 aliphatic carbocycles. The number of hydrogen-bond acceptors (Lipinski definition) is 6. The zero-order valence-electron chi connectivity index (χ0n) is 17.5. The Morgan fingerprint density at radius 3 is 2.67 bits per heavy atom. The van der Waals surface area contributed by atoms with E-state index < -0.39 is 51.0 Å². The van der Waals surface area contributed by atoms with E-state index in [0.29, 0.717) is 5.69 Å². The van der Waals surface area contributed by atoms with Crippen molar-refractivity contribution in [2.75, 3.05) is 4.72 Å². The molecule has 0 unspecified atom stereocenters. The second-order valence-corrected chi connectivity index (χ2v) is 10.1. The fourth-order valence-corrected chi connectivity index (χ4v) is 5.42. The van der Waals surface area contributed by atoms with Gasteiger partial charge in [-0.05, 0) is 25.1 Å². The number of halogens is 4. The van der Waals surface area contributed by atoms with Crippen LogP contribution in [0, 0.1) is 5.82 Å². The van der Waals surface area contributed by atoms with Crippen LogP contribution in [-0.4, -0.2) is 39.7 Å². The van der Waals surface area contributed by atoms with Gasteiger partial charge in [0.15, 0.2) is 0 Å². The molecule has 176 valence electrons. The minimum atomic E-state index is -4.38. The summed E-state index contributed by atoms with van der Waals surface area (Å²) in [5.74, 6) is -5.27. The SMILES string of the molecule is Cn1nccc1[C@H]1CC(F)(F)C[C@@]1(C)Oc1cc(F)c(S(=O)(=O)Nc2ccncn2)cc1Cl. The first-order valence-corrected chi connectivity index (χ1v) is 11.6. The third-order valence-corrected chi connectivity index (χ3v) is 7.17. The van der Waals surface area contributed by atoms with Crippen LogP contribution >= 0.6 is 11.6 Å². The molecule has 1 aliphatic rings. The smallest absolute Gasteiger partial charge is 0.266 e. The molecule has 0 spiro atoms. The molecule has 2 heterocycles. The zero-order chi connectivity index (χ0) is 24.0. The number of anilines is 1. The van der Waals surface area contributed by atoms with Crippen molar-refractivity contribution < 1.29 is 26.3 Å². The maximum absolute atomic E-state index is 14.9. The number of aromatic nitrogens is 4. The van der Waals surface area contributed by atoms with Gasteiger partial charge in [-0.2, -0.15) is 5.10 Å². The molecule has 2 aromatic heterocycles. The molecule has 4 rings (SSSR count). The van der Waals surface area contributed by atoms with Crippen LogP contribution in [0.25, 0.3) is 0 Å². The molecule has 0 radical (unpaired) electrons. The lowest BCUT2D eigenvalue weighted by molar-refractivity contribution is -0.0188. The van der Waals surface area contributed by atoms with E-state index >= 15 is 0 Å². The molecule has 0 bridgehead atoms.